The average molecular weight is 266 g/mol. The van der Waals surface area contributed by atoms with Gasteiger partial charge in [-0.3, -0.25) is 15.0 Å². The van der Waals surface area contributed by atoms with Crippen molar-refractivity contribution in [1.29, 1.82) is 0 Å². The van der Waals surface area contributed by atoms with Crippen molar-refractivity contribution < 1.29 is 27.9 Å². The van der Waals surface area contributed by atoms with Crippen LogP contribution in [0.1, 0.15) is 32.1 Å². The van der Waals surface area contributed by atoms with Gasteiger partial charge in [0.05, 0.1) is 0 Å². The van der Waals surface area contributed by atoms with Gasteiger partial charge in [0.25, 0.3) is 5.91 Å². The quantitative estimate of drug-likeness (QED) is 0.699. The summed E-state index contributed by atoms with van der Waals surface area (Å²) in [5.41, 5.74) is -3.78. The van der Waals surface area contributed by atoms with E-state index in [9.17, 15) is 27.9 Å². The van der Waals surface area contributed by atoms with Crippen LogP contribution in [0.4, 0.5) is 18.0 Å². The lowest BCUT2D eigenvalue weighted by molar-refractivity contribution is -0.255. The minimum Gasteiger partial charge on any atom is -0.356 e. The number of imide groups is 1. The van der Waals surface area contributed by atoms with Gasteiger partial charge in [-0.15, -0.1) is 0 Å². The van der Waals surface area contributed by atoms with E-state index < -0.39 is 29.9 Å². The Kier molecular flexibility index (Phi) is 3.00. The van der Waals surface area contributed by atoms with Gasteiger partial charge in [-0.2, -0.15) is 13.2 Å². The fraction of sp³-hybridized carbons (Fsp3) is 0.800. The molecule has 0 bridgehead atoms. The number of aliphatic hydroxyl groups is 1. The van der Waals surface area contributed by atoms with Crippen LogP contribution >= 0.6 is 0 Å². The van der Waals surface area contributed by atoms with Gasteiger partial charge in [-0.1, -0.05) is 19.3 Å². The first-order valence-electron chi connectivity index (χ1n) is 5.72. The van der Waals surface area contributed by atoms with E-state index in [4.69, 9.17) is 0 Å². The lowest BCUT2D eigenvalue weighted by Crippen LogP contribution is -2.59. The maximum atomic E-state index is 12.6. The van der Waals surface area contributed by atoms with Gasteiger partial charge in [0, 0.05) is 6.04 Å². The number of carbonyl (C=O) groups excluding carboxylic acids is 2. The number of nitrogens with one attached hydrogen (secondary N) is 1. The smallest absolute Gasteiger partial charge is 0.356 e. The number of halogens is 3. The van der Waals surface area contributed by atoms with Gasteiger partial charge in [0.15, 0.2) is 0 Å². The second kappa shape index (κ2) is 4.11. The number of alkyl halides is 3. The van der Waals surface area contributed by atoms with Crippen LogP contribution in [0, 0.1) is 0 Å². The predicted octanol–water partition coefficient (Wildman–Crippen LogP) is 1.12. The van der Waals surface area contributed by atoms with Gasteiger partial charge in [0.2, 0.25) is 0 Å². The minimum absolute atomic E-state index is 0.479. The highest BCUT2D eigenvalue weighted by Gasteiger charge is 2.68. The van der Waals surface area contributed by atoms with Crippen LogP contribution in [-0.2, 0) is 4.79 Å². The normalized spacial score (nSPS) is 30.8. The summed E-state index contributed by atoms with van der Waals surface area (Å²) in [6.45, 7) is 0. The van der Waals surface area contributed by atoms with Crippen molar-refractivity contribution >= 4 is 11.9 Å². The SMILES string of the molecule is O=C1NC(O)(C(F)(F)F)C(=O)N1C1CCCCC1. The van der Waals surface area contributed by atoms with Crippen molar-refractivity contribution in [2.75, 3.05) is 0 Å². The molecule has 1 aliphatic carbocycles. The van der Waals surface area contributed by atoms with Crippen molar-refractivity contribution in [3.8, 4) is 0 Å². The zero-order chi connectivity index (χ0) is 13.6. The highest BCUT2D eigenvalue weighted by Crippen LogP contribution is 2.36. The molecule has 5 nitrogen and oxygen atoms in total. The van der Waals surface area contributed by atoms with Crippen LogP contribution in [0.3, 0.4) is 0 Å². The Morgan fingerprint density at radius 3 is 2.22 bits per heavy atom. The molecule has 2 aliphatic rings. The molecule has 1 unspecified atom stereocenters. The Morgan fingerprint density at radius 1 is 1.22 bits per heavy atom. The highest BCUT2D eigenvalue weighted by atomic mass is 19.4. The first-order chi connectivity index (χ1) is 8.27. The van der Waals surface area contributed by atoms with E-state index in [1.54, 1.807) is 0 Å². The van der Waals surface area contributed by atoms with Gasteiger partial charge < -0.3 is 5.11 Å². The molecule has 0 aromatic heterocycles. The van der Waals surface area contributed by atoms with Crippen LogP contribution in [0.2, 0.25) is 0 Å². The van der Waals surface area contributed by atoms with Gasteiger partial charge >= 0.3 is 17.9 Å². The van der Waals surface area contributed by atoms with Crippen molar-refractivity contribution in [2.24, 2.45) is 0 Å². The molecule has 2 fully saturated rings. The topological polar surface area (TPSA) is 69.6 Å². The van der Waals surface area contributed by atoms with Crippen molar-refractivity contribution in [2.45, 2.75) is 50.0 Å². The van der Waals surface area contributed by atoms with E-state index in [0.717, 1.165) is 19.3 Å². The van der Waals surface area contributed by atoms with Crippen LogP contribution in [-0.4, -0.2) is 39.9 Å². The molecule has 0 aromatic rings. The minimum atomic E-state index is -5.22. The van der Waals surface area contributed by atoms with Crippen LogP contribution < -0.4 is 5.32 Å². The Hall–Kier alpha value is -1.31. The van der Waals surface area contributed by atoms with Crippen molar-refractivity contribution in [3.63, 3.8) is 0 Å². The standard InChI is InChI=1S/C10H13F3N2O3/c11-10(12,13)9(18)7(16)15(8(17)14-9)6-4-2-1-3-5-6/h6,18H,1-5H2,(H,14,17). The summed E-state index contributed by atoms with van der Waals surface area (Å²) < 4.78 is 37.8. The molecule has 1 saturated heterocycles. The summed E-state index contributed by atoms with van der Waals surface area (Å²) in [6.07, 6.45) is -1.81. The molecule has 0 aromatic carbocycles. The molecular formula is C10H13F3N2O3. The third kappa shape index (κ3) is 1.84. The molecule has 1 heterocycles. The number of nitrogens with zero attached hydrogens (tertiary/aromatic N) is 1. The molecule has 2 N–H and O–H groups in total. The first-order valence-corrected chi connectivity index (χ1v) is 5.72. The number of hydrogen-bond donors (Lipinski definition) is 2. The molecule has 102 valence electrons. The number of amides is 3. The number of rotatable bonds is 1. The van der Waals surface area contributed by atoms with Gasteiger partial charge in [0.1, 0.15) is 0 Å². The fourth-order valence-electron chi connectivity index (χ4n) is 2.40. The highest BCUT2D eigenvalue weighted by molar-refractivity contribution is 6.06. The third-order valence-electron chi connectivity index (χ3n) is 3.39. The number of carbonyl (C=O) groups is 2. The summed E-state index contributed by atoms with van der Waals surface area (Å²) in [5, 5.41) is 10.7. The lowest BCUT2D eigenvalue weighted by atomic mass is 9.94. The average Bonchev–Trinajstić information content (AvgIpc) is 2.51. The zero-order valence-corrected chi connectivity index (χ0v) is 9.46. The molecule has 0 radical (unpaired) electrons. The fourth-order valence-corrected chi connectivity index (χ4v) is 2.40. The summed E-state index contributed by atoms with van der Waals surface area (Å²) >= 11 is 0. The second-order valence-corrected chi connectivity index (χ2v) is 4.61. The third-order valence-corrected chi connectivity index (χ3v) is 3.39. The van der Waals surface area contributed by atoms with E-state index in [1.807, 2.05) is 0 Å². The Morgan fingerprint density at radius 2 is 1.78 bits per heavy atom. The molecule has 1 atom stereocenters. The number of urea groups is 1. The Labute approximate surface area is 101 Å². The summed E-state index contributed by atoms with van der Waals surface area (Å²) in [4.78, 5) is 23.7. The number of hydrogen-bond acceptors (Lipinski definition) is 3. The first kappa shape index (κ1) is 13.1. The summed E-state index contributed by atoms with van der Waals surface area (Å²) in [6, 6.07) is -1.73. The van der Waals surface area contributed by atoms with Crippen molar-refractivity contribution in [3.05, 3.63) is 0 Å². The zero-order valence-electron chi connectivity index (χ0n) is 9.46. The van der Waals surface area contributed by atoms with Gasteiger partial charge in [-0.05, 0) is 12.8 Å². The molecule has 0 spiro atoms. The monoisotopic (exact) mass is 266 g/mol. The van der Waals surface area contributed by atoms with E-state index >= 15 is 0 Å². The van der Waals surface area contributed by atoms with Crippen LogP contribution in [0.5, 0.6) is 0 Å². The molecular weight excluding hydrogens is 253 g/mol. The molecule has 3 amide bonds. The van der Waals surface area contributed by atoms with E-state index in [1.165, 1.54) is 5.32 Å². The molecule has 1 aliphatic heterocycles. The van der Waals surface area contributed by atoms with Crippen LogP contribution in [0.25, 0.3) is 0 Å². The summed E-state index contributed by atoms with van der Waals surface area (Å²) in [7, 11) is 0. The molecule has 1 saturated carbocycles. The molecule has 2 rings (SSSR count). The van der Waals surface area contributed by atoms with Crippen molar-refractivity contribution in [1.82, 2.24) is 10.2 Å². The Bertz CT molecular complexity index is 379. The second-order valence-electron chi connectivity index (χ2n) is 4.61. The molecule has 18 heavy (non-hydrogen) atoms. The maximum absolute atomic E-state index is 12.6. The lowest BCUT2D eigenvalue weighted by Gasteiger charge is -2.29. The molecule has 8 heteroatoms. The van der Waals surface area contributed by atoms with Crippen LogP contribution in [0.15, 0.2) is 0 Å². The maximum Gasteiger partial charge on any atom is 0.446 e. The Balaban J connectivity index is 2.24. The largest absolute Gasteiger partial charge is 0.446 e. The summed E-state index contributed by atoms with van der Waals surface area (Å²) in [5.74, 6) is -1.62. The van der Waals surface area contributed by atoms with E-state index in [-0.39, 0.29) is 0 Å². The van der Waals surface area contributed by atoms with E-state index in [0.29, 0.717) is 17.7 Å². The predicted molar refractivity (Wildman–Crippen MR) is 53.3 cm³/mol. The van der Waals surface area contributed by atoms with Gasteiger partial charge in [-0.25, -0.2) is 4.79 Å². The van der Waals surface area contributed by atoms with E-state index in [2.05, 4.69) is 0 Å².